The number of hydrogen-bond acceptors (Lipinski definition) is 4. The van der Waals surface area contributed by atoms with Crippen LogP contribution < -0.4 is 0 Å². The molecule has 0 radical (unpaired) electrons. The Labute approximate surface area is 142 Å². The number of carbonyl (C=O) groups is 2. The van der Waals surface area contributed by atoms with Crippen LogP contribution in [0.4, 0.5) is 0 Å². The minimum Gasteiger partial charge on any atom is -0.380 e. The van der Waals surface area contributed by atoms with Crippen LogP contribution in [0, 0.1) is 0 Å². The fourth-order valence-electron chi connectivity index (χ4n) is 3.25. The van der Waals surface area contributed by atoms with E-state index in [0.717, 1.165) is 18.4 Å². The van der Waals surface area contributed by atoms with Gasteiger partial charge in [-0.15, -0.1) is 0 Å². The van der Waals surface area contributed by atoms with E-state index >= 15 is 0 Å². The molecule has 6 heteroatoms. The Morgan fingerprint density at radius 3 is 2.62 bits per heavy atom. The molecular weight excluding hydrogens is 308 g/mol. The molecule has 2 heterocycles. The molecule has 0 bridgehead atoms. The van der Waals surface area contributed by atoms with Crippen molar-refractivity contribution in [3.05, 3.63) is 35.4 Å². The number of hydrogen-bond donors (Lipinski definition) is 0. The maximum atomic E-state index is 12.6. The Kier molecular flexibility index (Phi) is 5.48. The van der Waals surface area contributed by atoms with E-state index in [2.05, 4.69) is 0 Å². The highest BCUT2D eigenvalue weighted by Crippen LogP contribution is 2.17. The molecule has 2 aliphatic heterocycles. The zero-order chi connectivity index (χ0) is 16.9. The summed E-state index contributed by atoms with van der Waals surface area (Å²) in [6.45, 7) is 3.43. The Morgan fingerprint density at radius 1 is 1.21 bits per heavy atom. The van der Waals surface area contributed by atoms with Gasteiger partial charge in [-0.2, -0.15) is 0 Å². The lowest BCUT2D eigenvalue weighted by Gasteiger charge is -2.35. The molecule has 1 aromatic carbocycles. The average molecular weight is 332 g/mol. The molecule has 1 unspecified atom stereocenters. The predicted molar refractivity (Wildman–Crippen MR) is 88.6 cm³/mol. The van der Waals surface area contributed by atoms with Gasteiger partial charge in [0.1, 0.15) is 6.10 Å². The minimum absolute atomic E-state index is 0.0113. The monoisotopic (exact) mass is 332 g/mol. The quantitative estimate of drug-likeness (QED) is 0.834. The van der Waals surface area contributed by atoms with E-state index in [-0.39, 0.29) is 17.9 Å². The molecule has 0 saturated carbocycles. The van der Waals surface area contributed by atoms with E-state index in [9.17, 15) is 9.59 Å². The molecule has 0 aliphatic carbocycles. The van der Waals surface area contributed by atoms with Crippen molar-refractivity contribution >= 4 is 11.8 Å². The third-order valence-electron chi connectivity index (χ3n) is 4.57. The predicted octanol–water partition coefficient (Wildman–Crippen LogP) is 1.30. The number of benzene rings is 1. The molecule has 1 atom stereocenters. The molecule has 2 amide bonds. The van der Waals surface area contributed by atoms with Crippen molar-refractivity contribution in [3.63, 3.8) is 0 Å². The minimum atomic E-state index is -0.280. The summed E-state index contributed by atoms with van der Waals surface area (Å²) in [6.07, 6.45) is 1.48. The van der Waals surface area contributed by atoms with Crippen LogP contribution in [-0.4, -0.2) is 67.6 Å². The summed E-state index contributed by atoms with van der Waals surface area (Å²) in [5.41, 5.74) is 1.65. The number of ether oxygens (including phenoxy) is 2. The van der Waals surface area contributed by atoms with Crippen LogP contribution in [-0.2, 0) is 20.9 Å². The van der Waals surface area contributed by atoms with Crippen LogP contribution in [0.25, 0.3) is 0 Å². The van der Waals surface area contributed by atoms with Crippen LogP contribution in [0.3, 0.4) is 0 Å². The van der Waals surface area contributed by atoms with E-state index in [1.807, 2.05) is 34.1 Å². The lowest BCUT2D eigenvalue weighted by atomic mass is 10.1. The van der Waals surface area contributed by atoms with Gasteiger partial charge in [0.15, 0.2) is 0 Å². The van der Waals surface area contributed by atoms with E-state index < -0.39 is 0 Å². The smallest absolute Gasteiger partial charge is 0.253 e. The second kappa shape index (κ2) is 7.77. The van der Waals surface area contributed by atoms with Gasteiger partial charge in [-0.3, -0.25) is 9.59 Å². The Hall–Kier alpha value is -1.92. The van der Waals surface area contributed by atoms with Crippen molar-refractivity contribution in [2.24, 2.45) is 0 Å². The van der Waals surface area contributed by atoms with E-state index in [1.54, 1.807) is 7.11 Å². The molecule has 1 aromatic rings. The van der Waals surface area contributed by atoms with Crippen LogP contribution >= 0.6 is 0 Å². The summed E-state index contributed by atoms with van der Waals surface area (Å²) in [4.78, 5) is 28.6. The van der Waals surface area contributed by atoms with Crippen LogP contribution in [0.15, 0.2) is 24.3 Å². The van der Waals surface area contributed by atoms with Gasteiger partial charge >= 0.3 is 0 Å². The lowest BCUT2D eigenvalue weighted by molar-refractivity contribution is -0.142. The summed E-state index contributed by atoms with van der Waals surface area (Å²) in [7, 11) is 1.64. The highest BCUT2D eigenvalue weighted by Gasteiger charge is 2.31. The third-order valence-corrected chi connectivity index (χ3v) is 4.57. The lowest BCUT2D eigenvalue weighted by Crippen LogP contribution is -2.52. The number of nitrogens with zero attached hydrogens (tertiary/aromatic N) is 2. The normalized spacial score (nSPS) is 21.1. The maximum Gasteiger partial charge on any atom is 0.253 e. The van der Waals surface area contributed by atoms with Gasteiger partial charge in [0, 0.05) is 45.5 Å². The first kappa shape index (κ1) is 16.9. The second-order valence-electron chi connectivity index (χ2n) is 6.25. The first-order valence-corrected chi connectivity index (χ1v) is 8.46. The van der Waals surface area contributed by atoms with Crippen molar-refractivity contribution < 1.29 is 19.1 Å². The number of carbonyl (C=O) groups excluding carboxylic acids is 2. The van der Waals surface area contributed by atoms with Crippen molar-refractivity contribution in [1.29, 1.82) is 0 Å². The zero-order valence-electron chi connectivity index (χ0n) is 14.1. The number of amides is 2. The van der Waals surface area contributed by atoms with Crippen LogP contribution in [0.2, 0.25) is 0 Å². The van der Waals surface area contributed by atoms with Gasteiger partial charge in [0.05, 0.1) is 6.61 Å². The van der Waals surface area contributed by atoms with Crippen molar-refractivity contribution in [2.45, 2.75) is 25.6 Å². The van der Waals surface area contributed by atoms with Gasteiger partial charge in [0.2, 0.25) is 0 Å². The second-order valence-corrected chi connectivity index (χ2v) is 6.25. The van der Waals surface area contributed by atoms with Crippen LogP contribution in [0.5, 0.6) is 0 Å². The molecule has 0 aromatic heterocycles. The van der Waals surface area contributed by atoms with Gasteiger partial charge < -0.3 is 19.3 Å². The van der Waals surface area contributed by atoms with Gasteiger partial charge in [-0.05, 0) is 30.5 Å². The van der Waals surface area contributed by atoms with Crippen molar-refractivity contribution in [2.75, 3.05) is 39.9 Å². The maximum absolute atomic E-state index is 12.6. The highest BCUT2D eigenvalue weighted by atomic mass is 16.5. The topological polar surface area (TPSA) is 59.1 Å². The SMILES string of the molecule is COCc1cccc(C(=O)N2CCN(C(=O)C3CCCO3)CC2)c1. The average Bonchev–Trinajstić information content (AvgIpc) is 3.16. The molecule has 2 fully saturated rings. The molecular formula is C18H24N2O4. The van der Waals surface area contributed by atoms with E-state index in [4.69, 9.17) is 9.47 Å². The fourth-order valence-corrected chi connectivity index (χ4v) is 3.25. The molecule has 6 nitrogen and oxygen atoms in total. The number of rotatable bonds is 4. The summed E-state index contributed by atoms with van der Waals surface area (Å²) in [6, 6.07) is 7.51. The van der Waals surface area contributed by atoms with Crippen molar-refractivity contribution in [3.8, 4) is 0 Å². The van der Waals surface area contributed by atoms with E-state index in [0.29, 0.717) is 45.0 Å². The first-order chi connectivity index (χ1) is 11.7. The highest BCUT2D eigenvalue weighted by molar-refractivity contribution is 5.94. The zero-order valence-corrected chi connectivity index (χ0v) is 14.1. The Morgan fingerprint density at radius 2 is 1.96 bits per heavy atom. The molecule has 0 N–H and O–H groups in total. The Bertz CT molecular complexity index is 590. The molecule has 24 heavy (non-hydrogen) atoms. The molecule has 3 rings (SSSR count). The fraction of sp³-hybridized carbons (Fsp3) is 0.556. The first-order valence-electron chi connectivity index (χ1n) is 8.46. The van der Waals surface area contributed by atoms with Gasteiger partial charge in [-0.1, -0.05) is 12.1 Å². The number of piperazine rings is 1. The van der Waals surface area contributed by atoms with Crippen LogP contribution in [0.1, 0.15) is 28.8 Å². The summed E-state index contributed by atoms with van der Waals surface area (Å²) in [5.74, 6) is 0.0823. The molecule has 2 saturated heterocycles. The van der Waals surface area contributed by atoms with Gasteiger partial charge in [-0.25, -0.2) is 0 Å². The summed E-state index contributed by atoms with van der Waals surface area (Å²) >= 11 is 0. The molecule has 130 valence electrons. The largest absolute Gasteiger partial charge is 0.380 e. The third kappa shape index (κ3) is 3.76. The molecule has 0 spiro atoms. The molecule has 2 aliphatic rings. The Balaban J connectivity index is 1.56. The summed E-state index contributed by atoms with van der Waals surface area (Å²) in [5, 5.41) is 0. The van der Waals surface area contributed by atoms with Gasteiger partial charge in [0.25, 0.3) is 11.8 Å². The van der Waals surface area contributed by atoms with E-state index in [1.165, 1.54) is 0 Å². The van der Waals surface area contributed by atoms with Crippen molar-refractivity contribution in [1.82, 2.24) is 9.80 Å². The number of methoxy groups -OCH3 is 1. The standard InChI is InChI=1S/C18H24N2O4/c1-23-13-14-4-2-5-15(12-14)17(21)19-7-9-20(10-8-19)18(22)16-6-3-11-24-16/h2,4-5,12,16H,3,6-11,13H2,1H3. The summed E-state index contributed by atoms with van der Waals surface area (Å²) < 4.78 is 10.6.